The van der Waals surface area contributed by atoms with Crippen LogP contribution in [0.15, 0.2) is 47.6 Å². The molecule has 0 bridgehead atoms. The Balaban J connectivity index is 1.83. The van der Waals surface area contributed by atoms with Crippen LogP contribution >= 0.6 is 23.4 Å². The first-order valence-electron chi connectivity index (χ1n) is 5.67. The molecule has 1 unspecified atom stereocenters. The number of nitrogens with one attached hydrogen (secondary N) is 1. The van der Waals surface area contributed by atoms with Gasteiger partial charge in [0.05, 0.1) is 12.4 Å². The van der Waals surface area contributed by atoms with E-state index < -0.39 is 0 Å². The summed E-state index contributed by atoms with van der Waals surface area (Å²) >= 11 is 7.59. The molecule has 0 fully saturated rings. The summed E-state index contributed by atoms with van der Waals surface area (Å²) in [6, 6.07) is 10.3. The van der Waals surface area contributed by atoms with Gasteiger partial charge in [-0.1, -0.05) is 36.7 Å². The zero-order valence-electron chi connectivity index (χ0n) is 10.0. The Hall–Kier alpha value is -1.26. The van der Waals surface area contributed by atoms with Crippen molar-refractivity contribution in [3.63, 3.8) is 0 Å². The van der Waals surface area contributed by atoms with Gasteiger partial charge in [0.15, 0.2) is 0 Å². The molecule has 1 atom stereocenters. The van der Waals surface area contributed by atoms with Gasteiger partial charge in [0.1, 0.15) is 11.0 Å². The van der Waals surface area contributed by atoms with E-state index in [2.05, 4.69) is 34.3 Å². The number of benzene rings is 1. The van der Waals surface area contributed by atoms with E-state index in [4.69, 9.17) is 11.6 Å². The van der Waals surface area contributed by atoms with E-state index in [0.717, 1.165) is 6.54 Å². The van der Waals surface area contributed by atoms with Crippen LogP contribution in [0.1, 0.15) is 6.92 Å². The molecule has 0 radical (unpaired) electrons. The second-order valence-corrected chi connectivity index (χ2v) is 5.75. The summed E-state index contributed by atoms with van der Waals surface area (Å²) in [5.41, 5.74) is 0. The third-order valence-corrected chi connectivity index (χ3v) is 3.55. The number of hydrogen-bond acceptors (Lipinski definition) is 4. The van der Waals surface area contributed by atoms with Crippen molar-refractivity contribution in [2.24, 2.45) is 0 Å². The quantitative estimate of drug-likeness (QED) is 0.847. The van der Waals surface area contributed by atoms with Gasteiger partial charge in [-0.3, -0.25) is 4.98 Å². The van der Waals surface area contributed by atoms with Crippen molar-refractivity contribution >= 4 is 29.2 Å². The molecule has 0 saturated carbocycles. The average Bonchev–Trinajstić information content (AvgIpc) is 2.38. The van der Waals surface area contributed by atoms with E-state index >= 15 is 0 Å². The Morgan fingerprint density at radius 1 is 1.28 bits per heavy atom. The molecule has 2 aromatic rings. The number of aromatic nitrogens is 2. The fourth-order valence-corrected chi connectivity index (χ4v) is 2.54. The van der Waals surface area contributed by atoms with Gasteiger partial charge in [0.2, 0.25) is 0 Å². The smallest absolute Gasteiger partial charge is 0.149 e. The van der Waals surface area contributed by atoms with Crippen LogP contribution in [-0.2, 0) is 0 Å². The van der Waals surface area contributed by atoms with Crippen molar-refractivity contribution in [3.05, 3.63) is 47.9 Å². The molecule has 1 N–H and O–H groups in total. The normalized spacial score (nSPS) is 12.1. The predicted octanol–water partition coefficient (Wildman–Crippen LogP) is 3.72. The van der Waals surface area contributed by atoms with Gasteiger partial charge in [-0.15, -0.1) is 11.8 Å². The maximum Gasteiger partial charge on any atom is 0.149 e. The van der Waals surface area contributed by atoms with Crippen molar-refractivity contribution < 1.29 is 0 Å². The zero-order valence-corrected chi connectivity index (χ0v) is 11.6. The second kappa shape index (κ2) is 6.61. The first-order valence-corrected chi connectivity index (χ1v) is 6.93. The third kappa shape index (κ3) is 4.20. The van der Waals surface area contributed by atoms with Gasteiger partial charge in [-0.05, 0) is 12.1 Å². The Morgan fingerprint density at radius 3 is 2.78 bits per heavy atom. The van der Waals surface area contributed by atoms with E-state index in [0.29, 0.717) is 16.2 Å². The minimum atomic E-state index is 0.406. The first-order chi connectivity index (χ1) is 8.74. The Morgan fingerprint density at radius 2 is 2.06 bits per heavy atom. The molecule has 0 aliphatic heterocycles. The summed E-state index contributed by atoms with van der Waals surface area (Å²) in [4.78, 5) is 9.38. The Bertz CT molecular complexity index is 493. The highest BCUT2D eigenvalue weighted by Gasteiger charge is 2.04. The third-order valence-electron chi connectivity index (χ3n) is 2.26. The minimum Gasteiger partial charge on any atom is -0.368 e. The largest absolute Gasteiger partial charge is 0.368 e. The Labute approximate surface area is 116 Å². The van der Waals surface area contributed by atoms with Crippen molar-refractivity contribution in [1.29, 1.82) is 0 Å². The molecule has 0 aliphatic rings. The van der Waals surface area contributed by atoms with Gasteiger partial charge in [0, 0.05) is 16.7 Å². The number of hydrogen-bond donors (Lipinski definition) is 1. The molecule has 5 heteroatoms. The molecule has 2 rings (SSSR count). The van der Waals surface area contributed by atoms with Crippen molar-refractivity contribution in [1.82, 2.24) is 9.97 Å². The van der Waals surface area contributed by atoms with Crippen LogP contribution < -0.4 is 5.32 Å². The molecule has 94 valence electrons. The molecule has 18 heavy (non-hydrogen) atoms. The molecular weight excluding hydrogens is 266 g/mol. The molecule has 0 aliphatic carbocycles. The van der Waals surface area contributed by atoms with E-state index in [9.17, 15) is 0 Å². The highest BCUT2D eigenvalue weighted by atomic mass is 35.5. The molecule has 1 aromatic carbocycles. The summed E-state index contributed by atoms with van der Waals surface area (Å²) in [5, 5.41) is 4.07. The molecule has 0 saturated heterocycles. The van der Waals surface area contributed by atoms with Crippen molar-refractivity contribution in [2.45, 2.75) is 17.1 Å². The average molecular weight is 280 g/mol. The summed E-state index contributed by atoms with van der Waals surface area (Å²) in [7, 11) is 0. The lowest BCUT2D eigenvalue weighted by Crippen LogP contribution is -2.14. The fourth-order valence-electron chi connectivity index (χ4n) is 1.45. The summed E-state index contributed by atoms with van der Waals surface area (Å²) in [5.74, 6) is 0.711. The summed E-state index contributed by atoms with van der Waals surface area (Å²) < 4.78 is 0. The monoisotopic (exact) mass is 279 g/mol. The maximum absolute atomic E-state index is 5.77. The van der Waals surface area contributed by atoms with Crippen LogP contribution in [0.4, 0.5) is 5.82 Å². The SMILES string of the molecule is CC(CNc1cncc(Cl)n1)Sc1ccccc1. The van der Waals surface area contributed by atoms with Gasteiger partial charge >= 0.3 is 0 Å². The van der Waals surface area contributed by atoms with E-state index in [-0.39, 0.29) is 0 Å². The molecule has 3 nitrogen and oxygen atoms in total. The predicted molar refractivity (Wildman–Crippen MR) is 77.3 cm³/mol. The number of nitrogens with zero attached hydrogens (tertiary/aromatic N) is 2. The number of thioether (sulfide) groups is 1. The van der Waals surface area contributed by atoms with Gasteiger partial charge in [-0.25, -0.2) is 4.98 Å². The first kappa shape index (κ1) is 13.2. The van der Waals surface area contributed by atoms with Crippen LogP contribution in [0.3, 0.4) is 0 Å². The van der Waals surface area contributed by atoms with Crippen molar-refractivity contribution in [2.75, 3.05) is 11.9 Å². The van der Waals surface area contributed by atoms with E-state index in [1.54, 1.807) is 6.20 Å². The van der Waals surface area contributed by atoms with E-state index in [1.165, 1.54) is 11.1 Å². The lowest BCUT2D eigenvalue weighted by atomic mass is 10.4. The Kier molecular flexibility index (Phi) is 4.84. The maximum atomic E-state index is 5.77. The highest BCUT2D eigenvalue weighted by molar-refractivity contribution is 8.00. The summed E-state index contributed by atoms with van der Waals surface area (Å²) in [6.45, 7) is 2.98. The van der Waals surface area contributed by atoms with Crippen LogP contribution in [0.2, 0.25) is 5.15 Å². The van der Waals surface area contributed by atoms with E-state index in [1.807, 2.05) is 30.0 Å². The number of anilines is 1. The minimum absolute atomic E-state index is 0.406. The lowest BCUT2D eigenvalue weighted by molar-refractivity contribution is 0.982. The standard InChI is InChI=1S/C13H14ClN3S/c1-10(18-11-5-3-2-4-6-11)7-16-13-9-15-8-12(14)17-13/h2-6,8-10H,7H2,1H3,(H,16,17). The molecule has 1 aromatic heterocycles. The fraction of sp³-hybridized carbons (Fsp3) is 0.231. The molecule has 0 amide bonds. The van der Waals surface area contributed by atoms with Crippen LogP contribution in [0.5, 0.6) is 0 Å². The molecular formula is C13H14ClN3S. The zero-order chi connectivity index (χ0) is 12.8. The number of halogens is 1. The van der Waals surface area contributed by atoms with Gasteiger partial charge in [-0.2, -0.15) is 0 Å². The number of rotatable bonds is 5. The van der Waals surface area contributed by atoms with Crippen LogP contribution in [0, 0.1) is 0 Å². The second-order valence-electron chi connectivity index (χ2n) is 3.85. The lowest BCUT2D eigenvalue weighted by Gasteiger charge is -2.12. The highest BCUT2D eigenvalue weighted by Crippen LogP contribution is 2.22. The van der Waals surface area contributed by atoms with Crippen molar-refractivity contribution in [3.8, 4) is 0 Å². The van der Waals surface area contributed by atoms with Gasteiger partial charge < -0.3 is 5.32 Å². The van der Waals surface area contributed by atoms with Crippen LogP contribution in [0.25, 0.3) is 0 Å². The van der Waals surface area contributed by atoms with Crippen LogP contribution in [-0.4, -0.2) is 21.8 Å². The molecule has 0 spiro atoms. The summed E-state index contributed by atoms with van der Waals surface area (Å²) in [6.07, 6.45) is 3.20. The topological polar surface area (TPSA) is 37.8 Å². The molecule has 1 heterocycles. The van der Waals surface area contributed by atoms with Gasteiger partial charge in [0.25, 0.3) is 0 Å².